The molecule has 112 valence electrons. The number of halogens is 1. The molecular weight excluding hydrogens is 316 g/mol. The quantitative estimate of drug-likeness (QED) is 0.722. The SMILES string of the molecule is Cc1cccc(-c2c(Cl)n[nH]c2-c2ccc([S+](C)[O-])cc2)c1. The van der Waals surface area contributed by atoms with Crippen LogP contribution in [0.2, 0.25) is 5.15 Å². The van der Waals surface area contributed by atoms with Gasteiger partial charge in [-0.15, -0.1) is 0 Å². The Bertz CT molecular complexity index is 797. The van der Waals surface area contributed by atoms with Crippen LogP contribution >= 0.6 is 11.6 Å². The molecule has 0 aliphatic carbocycles. The Labute approximate surface area is 137 Å². The highest BCUT2D eigenvalue weighted by atomic mass is 35.5. The van der Waals surface area contributed by atoms with E-state index in [1.54, 1.807) is 6.26 Å². The van der Waals surface area contributed by atoms with Crippen LogP contribution in [0.15, 0.2) is 53.4 Å². The molecule has 0 bridgehead atoms. The Balaban J connectivity index is 2.09. The van der Waals surface area contributed by atoms with Gasteiger partial charge in [-0.2, -0.15) is 5.10 Å². The summed E-state index contributed by atoms with van der Waals surface area (Å²) in [6.07, 6.45) is 1.67. The number of aromatic amines is 1. The summed E-state index contributed by atoms with van der Waals surface area (Å²) >= 11 is 5.29. The Morgan fingerprint density at radius 3 is 2.45 bits per heavy atom. The van der Waals surface area contributed by atoms with Crippen molar-refractivity contribution in [2.75, 3.05) is 6.26 Å². The lowest BCUT2D eigenvalue weighted by Gasteiger charge is -2.07. The second kappa shape index (κ2) is 6.16. The van der Waals surface area contributed by atoms with Gasteiger partial charge in [-0.1, -0.05) is 41.4 Å². The summed E-state index contributed by atoms with van der Waals surface area (Å²) in [6, 6.07) is 15.7. The highest BCUT2D eigenvalue weighted by Gasteiger charge is 2.16. The molecule has 1 aromatic heterocycles. The Hall–Kier alpha value is -1.75. The summed E-state index contributed by atoms with van der Waals surface area (Å²) in [4.78, 5) is 0.798. The van der Waals surface area contributed by atoms with Crippen LogP contribution in [-0.2, 0) is 11.2 Å². The Morgan fingerprint density at radius 2 is 1.82 bits per heavy atom. The first kappa shape index (κ1) is 15.2. The lowest BCUT2D eigenvalue weighted by atomic mass is 10.0. The van der Waals surface area contributed by atoms with Gasteiger partial charge < -0.3 is 4.55 Å². The monoisotopic (exact) mass is 330 g/mol. The minimum Gasteiger partial charge on any atom is -0.612 e. The minimum atomic E-state index is -0.985. The first-order chi connectivity index (χ1) is 10.6. The summed E-state index contributed by atoms with van der Waals surface area (Å²) in [6.45, 7) is 2.04. The number of nitrogens with one attached hydrogen (secondary N) is 1. The molecule has 0 aliphatic rings. The average molecular weight is 331 g/mol. The molecule has 1 atom stereocenters. The number of hydrogen-bond acceptors (Lipinski definition) is 2. The van der Waals surface area contributed by atoms with E-state index in [-0.39, 0.29) is 0 Å². The van der Waals surface area contributed by atoms with E-state index in [9.17, 15) is 4.55 Å². The molecule has 1 heterocycles. The predicted molar refractivity (Wildman–Crippen MR) is 91.5 cm³/mol. The first-order valence-corrected chi connectivity index (χ1v) is 8.74. The van der Waals surface area contributed by atoms with Crippen LogP contribution in [0.25, 0.3) is 22.4 Å². The van der Waals surface area contributed by atoms with Gasteiger partial charge in [-0.25, -0.2) is 0 Å². The topological polar surface area (TPSA) is 51.7 Å². The zero-order valence-electron chi connectivity index (χ0n) is 12.3. The standard InChI is InChI=1S/C17H15ClN2OS/c1-11-4-3-5-13(10-11)15-16(19-20-17(15)18)12-6-8-14(9-7-12)22(2)21/h3-10H,1-2H3,(H,19,20). The van der Waals surface area contributed by atoms with Gasteiger partial charge in [0, 0.05) is 11.1 Å². The molecule has 5 heteroatoms. The van der Waals surface area contributed by atoms with Crippen molar-refractivity contribution in [2.45, 2.75) is 11.8 Å². The fourth-order valence-corrected chi connectivity index (χ4v) is 3.17. The summed E-state index contributed by atoms with van der Waals surface area (Å²) in [7, 11) is 0. The molecule has 3 nitrogen and oxygen atoms in total. The van der Waals surface area contributed by atoms with Crippen LogP contribution in [0.1, 0.15) is 5.56 Å². The molecule has 0 saturated carbocycles. The molecule has 1 unspecified atom stereocenters. The van der Waals surface area contributed by atoms with Crippen LogP contribution in [0.3, 0.4) is 0 Å². The summed E-state index contributed by atoms with van der Waals surface area (Å²) in [5, 5.41) is 7.58. The van der Waals surface area contributed by atoms with Crippen molar-refractivity contribution in [3.05, 3.63) is 59.2 Å². The molecule has 0 fully saturated rings. The van der Waals surface area contributed by atoms with E-state index in [2.05, 4.69) is 16.3 Å². The van der Waals surface area contributed by atoms with E-state index >= 15 is 0 Å². The van der Waals surface area contributed by atoms with E-state index in [0.717, 1.165) is 32.8 Å². The lowest BCUT2D eigenvalue weighted by Crippen LogP contribution is -1.96. The molecule has 3 rings (SSSR count). The maximum absolute atomic E-state index is 11.5. The molecular formula is C17H15ClN2OS. The molecule has 0 saturated heterocycles. The van der Waals surface area contributed by atoms with Gasteiger partial charge in [-0.05, 0) is 47.9 Å². The molecule has 22 heavy (non-hydrogen) atoms. The zero-order chi connectivity index (χ0) is 15.7. The number of benzene rings is 2. The third-order valence-corrected chi connectivity index (χ3v) is 4.71. The van der Waals surface area contributed by atoms with E-state index in [4.69, 9.17) is 11.6 Å². The van der Waals surface area contributed by atoms with Gasteiger partial charge in [0.2, 0.25) is 0 Å². The molecule has 0 aliphatic heterocycles. The molecule has 1 N–H and O–H groups in total. The number of nitrogens with zero attached hydrogens (tertiary/aromatic N) is 1. The summed E-state index contributed by atoms with van der Waals surface area (Å²) in [5.41, 5.74) is 4.90. The average Bonchev–Trinajstić information content (AvgIpc) is 2.89. The number of hydrogen-bond donors (Lipinski definition) is 1. The van der Waals surface area contributed by atoms with Crippen LogP contribution in [0.5, 0.6) is 0 Å². The molecule has 0 amide bonds. The van der Waals surface area contributed by atoms with E-state index in [1.807, 2.05) is 49.4 Å². The fraction of sp³-hybridized carbons (Fsp3) is 0.118. The van der Waals surface area contributed by atoms with Gasteiger partial charge in [0.25, 0.3) is 0 Å². The van der Waals surface area contributed by atoms with E-state index in [1.165, 1.54) is 0 Å². The maximum Gasteiger partial charge on any atom is 0.159 e. The predicted octanol–water partition coefficient (Wildman–Crippen LogP) is 4.44. The number of aryl methyl sites for hydroxylation is 1. The van der Waals surface area contributed by atoms with Gasteiger partial charge in [-0.3, -0.25) is 5.10 Å². The van der Waals surface area contributed by atoms with Crippen molar-refractivity contribution < 1.29 is 4.55 Å². The zero-order valence-corrected chi connectivity index (χ0v) is 13.8. The van der Waals surface area contributed by atoms with Crippen molar-refractivity contribution in [2.24, 2.45) is 0 Å². The first-order valence-electron chi connectivity index (χ1n) is 6.81. The summed E-state index contributed by atoms with van der Waals surface area (Å²) in [5.74, 6) is 0. The molecule has 2 aromatic carbocycles. The third kappa shape index (κ3) is 2.90. The van der Waals surface area contributed by atoms with Crippen LogP contribution < -0.4 is 0 Å². The second-order valence-corrected chi connectivity index (χ2v) is 6.85. The van der Waals surface area contributed by atoms with Crippen molar-refractivity contribution in [1.82, 2.24) is 10.2 Å². The Kier molecular flexibility index (Phi) is 4.25. The summed E-state index contributed by atoms with van der Waals surface area (Å²) < 4.78 is 11.5. The molecule has 0 radical (unpaired) electrons. The highest BCUT2D eigenvalue weighted by Crippen LogP contribution is 2.36. The van der Waals surface area contributed by atoms with E-state index < -0.39 is 11.2 Å². The third-order valence-electron chi connectivity index (χ3n) is 3.50. The van der Waals surface area contributed by atoms with Gasteiger partial charge in [0.05, 0.1) is 5.69 Å². The minimum absolute atomic E-state index is 0.448. The van der Waals surface area contributed by atoms with Crippen LogP contribution in [0.4, 0.5) is 0 Å². The van der Waals surface area contributed by atoms with Crippen molar-refractivity contribution in [1.29, 1.82) is 0 Å². The second-order valence-electron chi connectivity index (χ2n) is 5.11. The van der Waals surface area contributed by atoms with Gasteiger partial charge in [0.15, 0.2) is 10.0 Å². The molecule has 0 spiro atoms. The fourth-order valence-electron chi connectivity index (χ4n) is 2.41. The largest absolute Gasteiger partial charge is 0.612 e. The normalized spacial score (nSPS) is 12.4. The highest BCUT2D eigenvalue weighted by molar-refractivity contribution is 7.90. The maximum atomic E-state index is 11.5. The number of rotatable bonds is 3. The van der Waals surface area contributed by atoms with Crippen molar-refractivity contribution >= 4 is 22.8 Å². The Morgan fingerprint density at radius 1 is 1.09 bits per heavy atom. The number of H-pyrrole nitrogens is 1. The van der Waals surface area contributed by atoms with E-state index in [0.29, 0.717) is 5.15 Å². The van der Waals surface area contributed by atoms with Crippen LogP contribution in [-0.4, -0.2) is 21.0 Å². The van der Waals surface area contributed by atoms with Crippen molar-refractivity contribution in [3.63, 3.8) is 0 Å². The van der Waals surface area contributed by atoms with Gasteiger partial charge >= 0.3 is 0 Å². The van der Waals surface area contributed by atoms with Gasteiger partial charge in [0.1, 0.15) is 6.26 Å². The number of aromatic nitrogens is 2. The lowest BCUT2D eigenvalue weighted by molar-refractivity contribution is 0.601. The van der Waals surface area contributed by atoms with Crippen LogP contribution in [0, 0.1) is 6.92 Å². The smallest absolute Gasteiger partial charge is 0.159 e. The molecule has 3 aromatic rings. The van der Waals surface area contributed by atoms with Crippen molar-refractivity contribution in [3.8, 4) is 22.4 Å².